The summed E-state index contributed by atoms with van der Waals surface area (Å²) in [5.74, 6) is 0.944. The summed E-state index contributed by atoms with van der Waals surface area (Å²) in [6, 6.07) is 25.9. The van der Waals surface area contributed by atoms with Gasteiger partial charge in [-0.25, -0.2) is 0 Å². The van der Waals surface area contributed by atoms with Crippen molar-refractivity contribution in [3.05, 3.63) is 107 Å². The summed E-state index contributed by atoms with van der Waals surface area (Å²) in [6.07, 6.45) is 0.479. The van der Waals surface area contributed by atoms with Crippen LogP contribution in [0.3, 0.4) is 0 Å². The van der Waals surface area contributed by atoms with Crippen LogP contribution >= 0.6 is 11.8 Å². The molecule has 0 radical (unpaired) electrons. The number of hydrogen-bond acceptors (Lipinski definition) is 3. The second-order valence-electron chi connectivity index (χ2n) is 8.59. The molecule has 0 aliphatic heterocycles. The molecule has 1 N–H and O–H groups in total. The van der Waals surface area contributed by atoms with Crippen LogP contribution < -0.4 is 5.32 Å². The first-order chi connectivity index (χ1) is 16.5. The van der Waals surface area contributed by atoms with E-state index in [1.165, 1.54) is 16.7 Å². The van der Waals surface area contributed by atoms with E-state index in [4.69, 9.17) is 0 Å². The standard InChI is InChI=1S/C29H34N2O2S/c1-4-30-29(33)27(18-24-8-6-5-7-9-24)31(19-25-14-10-22(2)11-15-25)28(32)21-34-20-26-16-12-23(3)13-17-26/h5-17,27H,4,18-21H2,1-3H3,(H,30,33). The summed E-state index contributed by atoms with van der Waals surface area (Å²) < 4.78 is 0. The van der Waals surface area contributed by atoms with Crippen LogP contribution in [0.15, 0.2) is 78.9 Å². The van der Waals surface area contributed by atoms with Crippen LogP contribution in [0.25, 0.3) is 0 Å². The number of nitrogens with one attached hydrogen (secondary N) is 1. The van der Waals surface area contributed by atoms with Gasteiger partial charge in [-0.2, -0.15) is 0 Å². The van der Waals surface area contributed by atoms with E-state index in [9.17, 15) is 9.59 Å². The van der Waals surface area contributed by atoms with Gasteiger partial charge in [-0.3, -0.25) is 9.59 Å². The summed E-state index contributed by atoms with van der Waals surface area (Å²) in [5, 5.41) is 2.94. The maximum atomic E-state index is 13.5. The molecule has 3 rings (SSSR count). The maximum Gasteiger partial charge on any atom is 0.243 e. The second kappa shape index (κ2) is 13.0. The molecule has 178 valence electrons. The molecule has 1 unspecified atom stereocenters. The molecule has 0 bridgehead atoms. The Morgan fingerprint density at radius 1 is 0.824 bits per heavy atom. The topological polar surface area (TPSA) is 49.4 Å². The van der Waals surface area contributed by atoms with Gasteiger partial charge in [0.1, 0.15) is 6.04 Å². The minimum atomic E-state index is -0.573. The van der Waals surface area contributed by atoms with Crippen LogP contribution in [-0.2, 0) is 28.3 Å². The highest BCUT2D eigenvalue weighted by atomic mass is 32.2. The number of carbonyl (C=O) groups is 2. The highest BCUT2D eigenvalue weighted by Crippen LogP contribution is 2.19. The SMILES string of the molecule is CCNC(=O)C(Cc1ccccc1)N(Cc1ccc(C)cc1)C(=O)CSCc1ccc(C)cc1. The lowest BCUT2D eigenvalue weighted by atomic mass is 10.0. The number of amides is 2. The van der Waals surface area contributed by atoms with Crippen molar-refractivity contribution in [2.24, 2.45) is 0 Å². The lowest BCUT2D eigenvalue weighted by Gasteiger charge is -2.31. The molecule has 0 saturated heterocycles. The zero-order chi connectivity index (χ0) is 24.3. The molecule has 0 heterocycles. The van der Waals surface area contributed by atoms with Gasteiger partial charge in [0.15, 0.2) is 0 Å². The Morgan fingerprint density at radius 2 is 1.41 bits per heavy atom. The predicted octanol–water partition coefficient (Wildman–Crippen LogP) is 5.31. The van der Waals surface area contributed by atoms with E-state index in [0.717, 1.165) is 16.9 Å². The van der Waals surface area contributed by atoms with Gasteiger partial charge in [-0.1, -0.05) is 90.0 Å². The fraction of sp³-hybridized carbons (Fsp3) is 0.310. The third-order valence-corrected chi connectivity index (χ3v) is 6.70. The van der Waals surface area contributed by atoms with E-state index in [-0.39, 0.29) is 11.8 Å². The van der Waals surface area contributed by atoms with Gasteiger partial charge in [0.05, 0.1) is 5.75 Å². The molecule has 1 atom stereocenters. The molecule has 5 heteroatoms. The Kier molecular flexibility index (Phi) is 9.77. The largest absolute Gasteiger partial charge is 0.355 e. The van der Waals surface area contributed by atoms with Crippen molar-refractivity contribution in [2.45, 2.75) is 45.5 Å². The van der Waals surface area contributed by atoms with Gasteiger partial charge < -0.3 is 10.2 Å². The molecule has 2 amide bonds. The Balaban J connectivity index is 1.81. The number of aryl methyl sites for hydroxylation is 2. The number of likely N-dealkylation sites (N-methyl/N-ethyl adjacent to an activating group) is 1. The lowest BCUT2D eigenvalue weighted by Crippen LogP contribution is -2.51. The Bertz CT molecular complexity index is 1050. The normalized spacial score (nSPS) is 11.6. The number of nitrogens with zero attached hydrogens (tertiary/aromatic N) is 1. The molecule has 0 aromatic heterocycles. The molecule has 0 aliphatic carbocycles. The van der Waals surface area contributed by atoms with Crippen LogP contribution in [0.1, 0.15) is 34.7 Å². The van der Waals surface area contributed by atoms with Crippen molar-refractivity contribution in [3.8, 4) is 0 Å². The molecule has 0 saturated carbocycles. The van der Waals surface area contributed by atoms with Gasteiger partial charge in [0, 0.05) is 25.3 Å². The van der Waals surface area contributed by atoms with E-state index >= 15 is 0 Å². The van der Waals surface area contributed by atoms with E-state index in [0.29, 0.717) is 25.3 Å². The molecule has 0 spiro atoms. The van der Waals surface area contributed by atoms with Crippen LogP contribution in [-0.4, -0.2) is 35.1 Å². The minimum Gasteiger partial charge on any atom is -0.355 e. The Hall–Kier alpha value is -3.05. The number of carbonyl (C=O) groups excluding carboxylic acids is 2. The molecular weight excluding hydrogens is 440 g/mol. The van der Waals surface area contributed by atoms with E-state index in [1.54, 1.807) is 16.7 Å². The summed E-state index contributed by atoms with van der Waals surface area (Å²) in [4.78, 5) is 28.4. The van der Waals surface area contributed by atoms with E-state index in [2.05, 4.69) is 36.5 Å². The van der Waals surface area contributed by atoms with Crippen molar-refractivity contribution in [3.63, 3.8) is 0 Å². The number of benzene rings is 3. The Morgan fingerprint density at radius 3 is 2.00 bits per heavy atom. The van der Waals surface area contributed by atoms with Crippen molar-refractivity contribution >= 4 is 23.6 Å². The quantitative estimate of drug-likeness (QED) is 0.410. The molecule has 0 fully saturated rings. The molecule has 3 aromatic rings. The average Bonchev–Trinajstić information content (AvgIpc) is 2.84. The monoisotopic (exact) mass is 474 g/mol. The highest BCUT2D eigenvalue weighted by Gasteiger charge is 2.30. The summed E-state index contributed by atoms with van der Waals surface area (Å²) in [5.41, 5.74) is 5.63. The summed E-state index contributed by atoms with van der Waals surface area (Å²) >= 11 is 1.59. The average molecular weight is 475 g/mol. The first-order valence-electron chi connectivity index (χ1n) is 11.8. The van der Waals surface area contributed by atoms with E-state index < -0.39 is 6.04 Å². The number of hydrogen-bond donors (Lipinski definition) is 1. The van der Waals surface area contributed by atoms with Crippen LogP contribution in [0.4, 0.5) is 0 Å². The zero-order valence-electron chi connectivity index (χ0n) is 20.3. The van der Waals surface area contributed by atoms with Crippen LogP contribution in [0, 0.1) is 13.8 Å². The fourth-order valence-corrected chi connectivity index (χ4v) is 4.63. The van der Waals surface area contributed by atoms with Gasteiger partial charge in [-0.15, -0.1) is 11.8 Å². The Labute approximate surface area is 207 Å². The third-order valence-electron chi connectivity index (χ3n) is 5.71. The van der Waals surface area contributed by atoms with Crippen LogP contribution in [0.5, 0.6) is 0 Å². The van der Waals surface area contributed by atoms with Crippen molar-refractivity contribution < 1.29 is 9.59 Å². The van der Waals surface area contributed by atoms with Gasteiger partial charge >= 0.3 is 0 Å². The molecule has 0 aliphatic rings. The first kappa shape index (κ1) is 25.6. The van der Waals surface area contributed by atoms with Crippen LogP contribution in [0.2, 0.25) is 0 Å². The van der Waals surface area contributed by atoms with Gasteiger partial charge in [-0.05, 0) is 37.5 Å². The lowest BCUT2D eigenvalue weighted by molar-refractivity contribution is -0.139. The number of rotatable bonds is 11. The third kappa shape index (κ3) is 7.77. The zero-order valence-corrected chi connectivity index (χ0v) is 21.1. The minimum absolute atomic E-state index is 0.0233. The number of thioether (sulfide) groups is 1. The van der Waals surface area contributed by atoms with E-state index in [1.807, 2.05) is 68.4 Å². The maximum absolute atomic E-state index is 13.5. The molecule has 4 nitrogen and oxygen atoms in total. The summed E-state index contributed by atoms with van der Waals surface area (Å²) in [6.45, 7) is 6.94. The molecule has 3 aromatic carbocycles. The predicted molar refractivity (Wildman–Crippen MR) is 142 cm³/mol. The van der Waals surface area contributed by atoms with Gasteiger partial charge in [0.2, 0.25) is 11.8 Å². The summed E-state index contributed by atoms with van der Waals surface area (Å²) in [7, 11) is 0. The second-order valence-corrected chi connectivity index (χ2v) is 9.57. The fourth-order valence-electron chi connectivity index (χ4n) is 3.76. The molecule has 34 heavy (non-hydrogen) atoms. The highest BCUT2D eigenvalue weighted by molar-refractivity contribution is 7.99. The molecular formula is C29H34N2O2S. The first-order valence-corrected chi connectivity index (χ1v) is 12.9. The van der Waals surface area contributed by atoms with Crippen molar-refractivity contribution in [2.75, 3.05) is 12.3 Å². The smallest absolute Gasteiger partial charge is 0.243 e. The van der Waals surface area contributed by atoms with Crippen molar-refractivity contribution in [1.82, 2.24) is 10.2 Å². The van der Waals surface area contributed by atoms with Crippen molar-refractivity contribution in [1.29, 1.82) is 0 Å². The van der Waals surface area contributed by atoms with Gasteiger partial charge in [0.25, 0.3) is 0 Å².